The molecule has 1 aliphatic rings. The zero-order valence-electron chi connectivity index (χ0n) is 14.6. The van der Waals surface area contributed by atoms with E-state index in [9.17, 15) is 18.0 Å². The van der Waals surface area contributed by atoms with Gasteiger partial charge in [-0.3, -0.25) is 9.69 Å². The summed E-state index contributed by atoms with van der Waals surface area (Å²) < 4.78 is 23.6. The van der Waals surface area contributed by atoms with Crippen LogP contribution in [0.3, 0.4) is 0 Å². The van der Waals surface area contributed by atoms with Gasteiger partial charge in [0.25, 0.3) is 5.91 Å². The van der Waals surface area contributed by atoms with Crippen LogP contribution in [0.1, 0.15) is 5.56 Å². The van der Waals surface area contributed by atoms with Crippen LogP contribution in [0.4, 0.5) is 16.2 Å². The van der Waals surface area contributed by atoms with E-state index in [0.29, 0.717) is 16.4 Å². The third-order valence-corrected chi connectivity index (χ3v) is 5.11. The largest absolute Gasteiger partial charge is 0.340 e. The van der Waals surface area contributed by atoms with Crippen LogP contribution >= 0.6 is 0 Å². The average molecular weight is 386 g/mol. The number of sulfonamides is 1. The molecule has 2 aromatic rings. The zero-order chi connectivity index (χ0) is 19.4. The van der Waals surface area contributed by atoms with Crippen molar-refractivity contribution < 1.29 is 18.0 Å². The summed E-state index contributed by atoms with van der Waals surface area (Å²) in [7, 11) is -3.74. The molecule has 8 nitrogen and oxygen atoms in total. The minimum Gasteiger partial charge on any atom is -0.272 e. The maximum absolute atomic E-state index is 12.1. The number of urea groups is 1. The highest BCUT2D eigenvalue weighted by Gasteiger charge is 2.40. The van der Waals surface area contributed by atoms with Gasteiger partial charge in [-0.15, -0.1) is 0 Å². The Morgan fingerprint density at radius 1 is 0.926 bits per heavy atom. The highest BCUT2D eigenvalue weighted by atomic mass is 32.2. The number of benzene rings is 2. The van der Waals surface area contributed by atoms with Gasteiger partial charge in [-0.05, 0) is 36.2 Å². The van der Waals surface area contributed by atoms with Gasteiger partial charge in [-0.25, -0.2) is 17.5 Å². The molecule has 0 unspecified atom stereocenters. The first-order valence-electron chi connectivity index (χ1n) is 8.22. The van der Waals surface area contributed by atoms with Crippen molar-refractivity contribution in [2.24, 2.45) is 10.2 Å². The molecule has 1 heterocycles. The van der Waals surface area contributed by atoms with Gasteiger partial charge < -0.3 is 0 Å². The second-order valence-corrected chi connectivity index (χ2v) is 7.96. The maximum atomic E-state index is 12.1. The van der Waals surface area contributed by atoms with Crippen molar-refractivity contribution in [3.8, 4) is 0 Å². The molecule has 3 rings (SSSR count). The number of hydrogen-bond donors (Lipinski definition) is 0. The number of azo groups is 1. The fourth-order valence-corrected chi connectivity index (χ4v) is 3.30. The lowest BCUT2D eigenvalue weighted by Gasteiger charge is -2.15. The lowest BCUT2D eigenvalue weighted by Crippen LogP contribution is -2.36. The zero-order valence-corrected chi connectivity index (χ0v) is 15.5. The normalized spacial score (nSPS) is 15.1. The summed E-state index contributed by atoms with van der Waals surface area (Å²) in [4.78, 5) is 25.0. The van der Waals surface area contributed by atoms with E-state index in [1.165, 1.54) is 0 Å². The van der Waals surface area contributed by atoms with E-state index in [2.05, 4.69) is 10.2 Å². The van der Waals surface area contributed by atoms with Crippen LogP contribution < -0.4 is 0 Å². The molecule has 0 aliphatic carbocycles. The van der Waals surface area contributed by atoms with E-state index in [4.69, 9.17) is 0 Å². The molecule has 0 atom stereocenters. The Morgan fingerprint density at radius 2 is 1.52 bits per heavy atom. The van der Waals surface area contributed by atoms with Crippen LogP contribution in [0, 0.1) is 0 Å². The van der Waals surface area contributed by atoms with E-state index >= 15 is 0 Å². The molecule has 0 aromatic heterocycles. The number of rotatable bonds is 6. The van der Waals surface area contributed by atoms with Crippen molar-refractivity contribution in [3.63, 3.8) is 0 Å². The summed E-state index contributed by atoms with van der Waals surface area (Å²) in [6.45, 7) is -0.314. The Hall–Kier alpha value is -3.07. The molecule has 1 saturated heterocycles. The van der Waals surface area contributed by atoms with Crippen molar-refractivity contribution in [2.45, 2.75) is 6.42 Å². The quantitative estimate of drug-likeness (QED) is 0.563. The molecule has 1 fully saturated rings. The number of nitrogens with zero attached hydrogens (tertiary/aromatic N) is 4. The summed E-state index contributed by atoms with van der Waals surface area (Å²) in [6.07, 6.45) is 1.33. The molecule has 9 heteroatoms. The maximum Gasteiger partial charge on any atom is 0.340 e. The Balaban J connectivity index is 1.60. The molecule has 3 amide bonds. The van der Waals surface area contributed by atoms with Crippen LogP contribution in [0.15, 0.2) is 64.8 Å². The molecule has 0 spiro atoms. The summed E-state index contributed by atoms with van der Waals surface area (Å²) in [6, 6.07) is 15.8. The van der Waals surface area contributed by atoms with Gasteiger partial charge in [0, 0.05) is 6.54 Å². The molecule has 0 saturated carbocycles. The summed E-state index contributed by atoms with van der Waals surface area (Å²) >= 11 is 0. The minimum absolute atomic E-state index is 0.120. The lowest BCUT2D eigenvalue weighted by molar-refractivity contribution is -0.125. The molecule has 0 N–H and O–H groups in total. The van der Waals surface area contributed by atoms with Gasteiger partial charge in [0.05, 0.1) is 17.6 Å². The molecule has 140 valence electrons. The highest BCUT2D eigenvalue weighted by molar-refractivity contribution is 7.88. The predicted molar refractivity (Wildman–Crippen MR) is 99.4 cm³/mol. The standard InChI is InChI=1S/C18H18N4O4S/c1-27(25,26)22-13-17(23)21(18(22)24)12-11-14-7-9-16(10-8-14)20-19-15-5-3-2-4-6-15/h2-10H,11-13H2,1H3. The number of hydrogen-bond acceptors (Lipinski definition) is 6. The lowest BCUT2D eigenvalue weighted by atomic mass is 10.1. The SMILES string of the molecule is CS(=O)(=O)N1CC(=O)N(CCc2ccc(N=Nc3ccccc3)cc2)C1=O. The van der Waals surface area contributed by atoms with Crippen molar-refractivity contribution in [1.29, 1.82) is 0 Å². The van der Waals surface area contributed by atoms with Crippen molar-refractivity contribution in [3.05, 3.63) is 60.2 Å². The summed E-state index contributed by atoms with van der Waals surface area (Å²) in [5.74, 6) is -0.515. The minimum atomic E-state index is -3.74. The Labute approximate surface area is 157 Å². The first-order valence-corrected chi connectivity index (χ1v) is 10.1. The number of imide groups is 1. The molecular formula is C18H18N4O4S. The van der Waals surface area contributed by atoms with Crippen molar-refractivity contribution >= 4 is 33.3 Å². The Morgan fingerprint density at radius 3 is 2.07 bits per heavy atom. The van der Waals surface area contributed by atoms with Gasteiger partial charge >= 0.3 is 6.03 Å². The summed E-state index contributed by atoms with van der Waals surface area (Å²) in [5.41, 5.74) is 2.33. The molecule has 0 radical (unpaired) electrons. The molecule has 0 bridgehead atoms. The monoisotopic (exact) mass is 386 g/mol. The van der Waals surface area contributed by atoms with E-state index in [1.54, 1.807) is 12.1 Å². The molecular weight excluding hydrogens is 368 g/mol. The Bertz CT molecular complexity index is 972. The summed E-state index contributed by atoms with van der Waals surface area (Å²) in [5, 5.41) is 8.28. The van der Waals surface area contributed by atoms with Crippen LogP contribution in [0.25, 0.3) is 0 Å². The van der Waals surface area contributed by atoms with Gasteiger partial charge in [-0.2, -0.15) is 10.2 Å². The number of amides is 3. The van der Waals surface area contributed by atoms with Crippen molar-refractivity contribution in [2.75, 3.05) is 19.3 Å². The van der Waals surface area contributed by atoms with Gasteiger partial charge in [-0.1, -0.05) is 30.3 Å². The van der Waals surface area contributed by atoms with E-state index in [-0.39, 0.29) is 6.54 Å². The van der Waals surface area contributed by atoms with Gasteiger partial charge in [0.2, 0.25) is 10.0 Å². The third kappa shape index (κ3) is 4.56. The topological polar surface area (TPSA) is 99.5 Å². The highest BCUT2D eigenvalue weighted by Crippen LogP contribution is 2.19. The molecule has 27 heavy (non-hydrogen) atoms. The van der Waals surface area contributed by atoms with Crippen LogP contribution in [0.5, 0.6) is 0 Å². The fourth-order valence-electron chi connectivity index (χ4n) is 2.58. The second-order valence-electron chi connectivity index (χ2n) is 6.05. The van der Waals surface area contributed by atoms with Crippen LogP contribution in [0.2, 0.25) is 0 Å². The van der Waals surface area contributed by atoms with E-state index < -0.39 is 28.5 Å². The van der Waals surface area contributed by atoms with E-state index in [0.717, 1.165) is 22.4 Å². The number of carbonyl (C=O) groups is 2. The molecule has 2 aromatic carbocycles. The smallest absolute Gasteiger partial charge is 0.272 e. The van der Waals surface area contributed by atoms with Gasteiger partial charge in [0.1, 0.15) is 6.54 Å². The second kappa shape index (κ2) is 7.67. The van der Waals surface area contributed by atoms with Crippen molar-refractivity contribution in [1.82, 2.24) is 9.21 Å². The predicted octanol–water partition coefficient (Wildman–Crippen LogP) is 2.87. The van der Waals surface area contributed by atoms with Crippen LogP contribution in [-0.4, -0.2) is 48.9 Å². The van der Waals surface area contributed by atoms with Crippen LogP contribution in [-0.2, 0) is 21.2 Å². The third-order valence-electron chi connectivity index (χ3n) is 4.02. The van der Waals surface area contributed by atoms with E-state index in [1.807, 2.05) is 42.5 Å². The Kier molecular flexibility index (Phi) is 5.31. The first-order chi connectivity index (χ1) is 12.8. The number of carbonyl (C=O) groups excluding carboxylic acids is 2. The molecule has 1 aliphatic heterocycles. The van der Waals surface area contributed by atoms with Gasteiger partial charge in [0.15, 0.2) is 0 Å². The fraction of sp³-hybridized carbons (Fsp3) is 0.222. The first kappa shape index (κ1) is 18.7. The average Bonchev–Trinajstić information content (AvgIpc) is 2.94.